The van der Waals surface area contributed by atoms with E-state index >= 15 is 0 Å². The van der Waals surface area contributed by atoms with Crippen LogP contribution in [0.5, 0.6) is 0 Å². The molecule has 0 spiro atoms. The molecule has 4 heteroatoms. The van der Waals surface area contributed by atoms with E-state index in [9.17, 15) is 9.90 Å². The number of aliphatic hydroxyl groups excluding tert-OH is 1. The zero-order valence-electron chi connectivity index (χ0n) is 8.78. The molecule has 4 atom stereocenters. The first kappa shape index (κ1) is 9.93. The maximum Gasteiger partial charge on any atom is 0.330 e. The predicted octanol–water partition coefficient (Wildman–Crippen LogP) is 0.254. The Hall–Kier alpha value is -0.610. The van der Waals surface area contributed by atoms with Crippen LogP contribution in [0.2, 0.25) is 0 Å². The molecular formula is C10H17NO3. The summed E-state index contributed by atoms with van der Waals surface area (Å²) in [5.74, 6) is 0.196. The molecule has 2 aliphatic heterocycles. The second kappa shape index (κ2) is 2.94. The summed E-state index contributed by atoms with van der Waals surface area (Å²) in [6.45, 7) is 6.03. The highest BCUT2D eigenvalue weighted by atomic mass is 16.6. The predicted molar refractivity (Wildman–Crippen MR) is 50.4 cm³/mol. The Labute approximate surface area is 83.6 Å². The number of hydrogen-bond acceptors (Lipinski definition) is 4. The minimum absolute atomic E-state index is 0.00792. The van der Waals surface area contributed by atoms with Crippen LogP contribution in [0, 0.1) is 11.8 Å². The maximum absolute atomic E-state index is 11.5. The van der Waals surface area contributed by atoms with Crippen LogP contribution in [-0.2, 0) is 9.53 Å². The smallest absolute Gasteiger partial charge is 0.330 e. The zero-order chi connectivity index (χ0) is 10.5. The van der Waals surface area contributed by atoms with Crippen molar-refractivity contribution < 1.29 is 14.6 Å². The van der Waals surface area contributed by atoms with Crippen molar-refractivity contribution >= 4 is 5.97 Å². The molecule has 2 rings (SSSR count). The van der Waals surface area contributed by atoms with Gasteiger partial charge in [0.2, 0.25) is 0 Å². The number of fused-ring (bicyclic) bond motifs is 1. The van der Waals surface area contributed by atoms with Crippen LogP contribution in [0.4, 0.5) is 0 Å². The lowest BCUT2D eigenvalue weighted by atomic mass is 9.78. The normalized spacial score (nSPS) is 46.1. The second-order valence-corrected chi connectivity index (χ2v) is 4.84. The molecule has 2 fully saturated rings. The molecule has 0 aromatic carbocycles. The summed E-state index contributed by atoms with van der Waals surface area (Å²) in [5, 5.41) is 12.6. The summed E-state index contributed by atoms with van der Waals surface area (Å²) in [4.78, 5) is 11.5. The van der Waals surface area contributed by atoms with Crippen LogP contribution in [0.3, 0.4) is 0 Å². The van der Waals surface area contributed by atoms with Gasteiger partial charge in [-0.2, -0.15) is 0 Å². The van der Waals surface area contributed by atoms with E-state index in [4.69, 9.17) is 4.74 Å². The first-order chi connectivity index (χ1) is 6.47. The molecule has 2 heterocycles. The van der Waals surface area contributed by atoms with Crippen molar-refractivity contribution in [2.75, 3.05) is 0 Å². The van der Waals surface area contributed by atoms with Gasteiger partial charge in [0.15, 0.2) is 5.54 Å². The molecule has 0 bridgehead atoms. The van der Waals surface area contributed by atoms with Gasteiger partial charge in [-0.25, -0.2) is 4.79 Å². The topological polar surface area (TPSA) is 58.6 Å². The first-order valence-electron chi connectivity index (χ1n) is 5.14. The van der Waals surface area contributed by atoms with Gasteiger partial charge in [-0.1, -0.05) is 20.8 Å². The van der Waals surface area contributed by atoms with Gasteiger partial charge in [0.05, 0.1) is 0 Å². The third kappa shape index (κ3) is 1.10. The van der Waals surface area contributed by atoms with Gasteiger partial charge < -0.3 is 9.84 Å². The summed E-state index contributed by atoms with van der Waals surface area (Å²) >= 11 is 0. The Balaban J connectivity index is 2.19. The number of aliphatic hydroxyl groups is 1. The summed E-state index contributed by atoms with van der Waals surface area (Å²) in [7, 11) is 0. The summed E-state index contributed by atoms with van der Waals surface area (Å²) in [6.07, 6.45) is -0.0321. The summed E-state index contributed by atoms with van der Waals surface area (Å²) in [6, 6.07) is 0. The minimum atomic E-state index is -0.620. The number of carbonyl (C=O) groups excluding carboxylic acids is 1. The molecule has 4 nitrogen and oxygen atoms in total. The second-order valence-electron chi connectivity index (χ2n) is 4.84. The Morgan fingerprint density at radius 3 is 2.71 bits per heavy atom. The van der Waals surface area contributed by atoms with Crippen molar-refractivity contribution in [3.8, 4) is 0 Å². The fourth-order valence-corrected chi connectivity index (χ4v) is 2.54. The molecule has 0 radical (unpaired) electrons. The van der Waals surface area contributed by atoms with Crippen molar-refractivity contribution in [2.45, 2.75) is 45.1 Å². The highest BCUT2D eigenvalue weighted by molar-refractivity contribution is 5.88. The van der Waals surface area contributed by atoms with Crippen molar-refractivity contribution in [1.29, 1.82) is 0 Å². The quantitative estimate of drug-likeness (QED) is 0.626. The van der Waals surface area contributed by atoms with Crippen LogP contribution >= 0.6 is 0 Å². The van der Waals surface area contributed by atoms with Crippen LogP contribution in [0.15, 0.2) is 0 Å². The summed E-state index contributed by atoms with van der Waals surface area (Å²) < 4.78 is 5.09. The van der Waals surface area contributed by atoms with E-state index in [1.54, 1.807) is 0 Å². The molecule has 0 aromatic rings. The lowest BCUT2D eigenvalue weighted by molar-refractivity contribution is -0.193. The van der Waals surface area contributed by atoms with Crippen molar-refractivity contribution in [1.82, 2.24) is 5.32 Å². The number of esters is 1. The van der Waals surface area contributed by atoms with Gasteiger partial charge in [-0.3, -0.25) is 5.32 Å². The largest absolute Gasteiger partial charge is 0.458 e. The molecule has 2 N–H and O–H groups in total. The molecule has 80 valence electrons. The van der Waals surface area contributed by atoms with Crippen molar-refractivity contribution in [3.63, 3.8) is 0 Å². The molecule has 14 heavy (non-hydrogen) atoms. The molecule has 2 aliphatic rings. The fourth-order valence-electron chi connectivity index (χ4n) is 2.54. The number of hydrogen-bond donors (Lipinski definition) is 2. The number of carbonyl (C=O) groups is 1. The highest BCUT2D eigenvalue weighted by Crippen LogP contribution is 2.43. The molecule has 2 saturated heterocycles. The Bertz CT molecular complexity index is 262. The van der Waals surface area contributed by atoms with Crippen LogP contribution in [0.1, 0.15) is 27.2 Å². The maximum atomic E-state index is 11.5. The van der Waals surface area contributed by atoms with Gasteiger partial charge >= 0.3 is 5.97 Å². The van der Waals surface area contributed by atoms with Gasteiger partial charge in [-0.15, -0.1) is 0 Å². The zero-order valence-corrected chi connectivity index (χ0v) is 8.78. The Morgan fingerprint density at radius 2 is 2.29 bits per heavy atom. The summed E-state index contributed by atoms with van der Waals surface area (Å²) in [5.41, 5.74) is -0.604. The van der Waals surface area contributed by atoms with E-state index in [2.05, 4.69) is 19.2 Å². The van der Waals surface area contributed by atoms with E-state index in [0.29, 0.717) is 5.92 Å². The van der Waals surface area contributed by atoms with E-state index < -0.39 is 11.8 Å². The number of nitrogens with one attached hydrogen (secondary N) is 1. The average Bonchev–Trinajstić information content (AvgIpc) is 2.26. The van der Waals surface area contributed by atoms with Crippen LogP contribution < -0.4 is 5.32 Å². The average molecular weight is 199 g/mol. The monoisotopic (exact) mass is 199 g/mol. The molecule has 0 aliphatic carbocycles. The molecule has 0 saturated carbocycles. The van der Waals surface area contributed by atoms with Crippen LogP contribution in [0.25, 0.3) is 0 Å². The third-order valence-electron chi connectivity index (χ3n) is 3.20. The SMILES string of the molecule is CC(C)C[C@@]12NC(O)[C@H](C)[C@@H]1OC2=O. The van der Waals surface area contributed by atoms with E-state index in [1.807, 2.05) is 6.92 Å². The highest BCUT2D eigenvalue weighted by Gasteiger charge is 2.66. The molecule has 0 amide bonds. The van der Waals surface area contributed by atoms with E-state index in [1.165, 1.54) is 0 Å². The number of ether oxygens (including phenoxy) is 1. The lowest BCUT2D eigenvalue weighted by Crippen LogP contribution is -2.67. The number of rotatable bonds is 2. The van der Waals surface area contributed by atoms with E-state index in [-0.39, 0.29) is 18.0 Å². The Kier molecular flexibility index (Phi) is 2.08. The van der Waals surface area contributed by atoms with Crippen molar-refractivity contribution in [2.24, 2.45) is 11.8 Å². The molecular weight excluding hydrogens is 182 g/mol. The molecule has 1 unspecified atom stereocenters. The van der Waals surface area contributed by atoms with E-state index in [0.717, 1.165) is 6.42 Å². The standard InChI is InChI=1S/C10H17NO3/c1-5(2)4-10-7(14-9(10)13)6(3)8(12)11-10/h5-8,11-12H,4H2,1-3H3/t6-,7+,8?,10-/m1/s1. The van der Waals surface area contributed by atoms with Crippen LogP contribution in [-0.4, -0.2) is 28.9 Å². The van der Waals surface area contributed by atoms with Gasteiger partial charge in [-0.05, 0) is 12.3 Å². The van der Waals surface area contributed by atoms with Gasteiger partial charge in [0.1, 0.15) is 12.3 Å². The Morgan fingerprint density at radius 1 is 1.64 bits per heavy atom. The third-order valence-corrected chi connectivity index (χ3v) is 3.20. The van der Waals surface area contributed by atoms with Crippen molar-refractivity contribution in [3.05, 3.63) is 0 Å². The van der Waals surface area contributed by atoms with Gasteiger partial charge in [0.25, 0.3) is 0 Å². The first-order valence-corrected chi connectivity index (χ1v) is 5.14. The lowest BCUT2D eigenvalue weighted by Gasteiger charge is -2.43. The minimum Gasteiger partial charge on any atom is -0.458 e. The fraction of sp³-hybridized carbons (Fsp3) is 0.900. The molecule has 0 aromatic heterocycles. The van der Waals surface area contributed by atoms with Gasteiger partial charge in [0, 0.05) is 5.92 Å².